The van der Waals surface area contributed by atoms with Crippen LogP contribution in [0.1, 0.15) is 64.5 Å². The van der Waals surface area contributed by atoms with Gasteiger partial charge in [-0.2, -0.15) is 0 Å². The largest absolute Gasteiger partial charge is 0.512 e. The van der Waals surface area contributed by atoms with E-state index in [4.69, 9.17) is 0 Å². The van der Waals surface area contributed by atoms with E-state index in [-0.39, 0.29) is 49.3 Å². The molecule has 0 spiro atoms. The van der Waals surface area contributed by atoms with Gasteiger partial charge in [-0.05, 0) is 71.1 Å². The first-order valence-corrected chi connectivity index (χ1v) is 13.6. The van der Waals surface area contributed by atoms with Crippen LogP contribution in [0, 0.1) is 37.6 Å². The number of allylic oxidation sites excluding steroid dienone is 2. The summed E-state index contributed by atoms with van der Waals surface area (Å²) >= 11 is 0. The minimum atomic E-state index is -0.221. The third kappa shape index (κ3) is 8.06. The van der Waals surface area contributed by atoms with Gasteiger partial charge < -0.3 is 10.1 Å². The van der Waals surface area contributed by atoms with Crippen molar-refractivity contribution in [2.45, 2.75) is 67.2 Å². The van der Waals surface area contributed by atoms with Crippen LogP contribution in [-0.4, -0.2) is 15.9 Å². The summed E-state index contributed by atoms with van der Waals surface area (Å²) < 4.78 is 13.7. The molecule has 4 rings (SSSR count). The first kappa shape index (κ1) is 32.3. The number of hydrogen-bond acceptors (Lipinski definition) is 3. The third-order valence-corrected chi connectivity index (χ3v) is 7.21. The number of carbonyl (C=O) groups excluding carboxylic acids is 1. The molecule has 209 valence electrons. The summed E-state index contributed by atoms with van der Waals surface area (Å²) in [7, 11) is 0. The molecule has 1 aromatic heterocycles. The summed E-state index contributed by atoms with van der Waals surface area (Å²) in [5.74, 6) is 0.326. The Morgan fingerprint density at radius 2 is 1.54 bits per heavy atom. The van der Waals surface area contributed by atoms with Crippen LogP contribution in [0.4, 0.5) is 4.39 Å². The Labute approximate surface area is 245 Å². The molecule has 0 saturated carbocycles. The molecular formula is C34H39FIrNO2-. The van der Waals surface area contributed by atoms with Crippen LogP contribution >= 0.6 is 0 Å². The molecule has 0 saturated heterocycles. The fourth-order valence-electron chi connectivity index (χ4n) is 4.97. The average Bonchev–Trinajstić information content (AvgIpc) is 2.89. The number of benzene rings is 3. The van der Waals surface area contributed by atoms with Gasteiger partial charge in [0.05, 0.1) is 5.76 Å². The number of hydrogen-bond donors (Lipinski definition) is 1. The number of rotatable bonds is 8. The molecule has 0 bridgehead atoms. The number of nitrogens with zero attached hydrogens (tertiary/aromatic N) is 1. The van der Waals surface area contributed by atoms with E-state index in [0.29, 0.717) is 0 Å². The Hall–Kier alpha value is -2.88. The van der Waals surface area contributed by atoms with Gasteiger partial charge in [-0.3, -0.25) is 4.79 Å². The normalized spacial score (nSPS) is 11.5. The van der Waals surface area contributed by atoms with E-state index in [1.54, 1.807) is 12.3 Å². The summed E-state index contributed by atoms with van der Waals surface area (Å²) in [6.07, 6.45) is 6.69. The zero-order valence-corrected chi connectivity index (χ0v) is 26.2. The van der Waals surface area contributed by atoms with Crippen LogP contribution in [0.3, 0.4) is 0 Å². The molecule has 0 aliphatic rings. The number of aryl methyl sites for hydroxylation is 2. The zero-order chi connectivity index (χ0) is 27.8. The smallest absolute Gasteiger partial charge is 0.162 e. The van der Waals surface area contributed by atoms with Gasteiger partial charge in [0, 0.05) is 44.2 Å². The molecule has 0 aliphatic heterocycles. The molecule has 3 nitrogen and oxygen atoms in total. The first-order chi connectivity index (χ1) is 18.2. The van der Waals surface area contributed by atoms with Gasteiger partial charge in [0.25, 0.3) is 0 Å². The summed E-state index contributed by atoms with van der Waals surface area (Å²) in [6, 6.07) is 18.5. The topological polar surface area (TPSA) is 50.2 Å². The zero-order valence-electron chi connectivity index (χ0n) is 23.8. The number of aliphatic hydroxyl groups is 1. The second kappa shape index (κ2) is 15.1. The van der Waals surface area contributed by atoms with E-state index in [1.807, 2.05) is 52.8 Å². The standard InChI is InChI=1S/C21H15FN.C13H24O2.Ir/c1-13-9-14(2)11-16(10-13)21-19-6-4-15-3-5-17(22)12-20(15)18(19)7-8-23-21;1-5-10(6-2)12(14)9-13(15)11(7-3)8-4;/h3-10,12H,1-2H3;9-11,14H,5-8H2,1-4H3;/q-1;;. The molecule has 0 aliphatic carbocycles. The van der Waals surface area contributed by atoms with Crippen molar-refractivity contribution in [2.24, 2.45) is 11.8 Å². The van der Waals surface area contributed by atoms with Gasteiger partial charge in [-0.25, -0.2) is 4.39 Å². The monoisotopic (exact) mass is 705 g/mol. The predicted molar refractivity (Wildman–Crippen MR) is 157 cm³/mol. The third-order valence-electron chi connectivity index (χ3n) is 7.21. The summed E-state index contributed by atoms with van der Waals surface area (Å²) in [5.41, 5.74) is 4.14. The van der Waals surface area contributed by atoms with E-state index in [1.165, 1.54) is 17.7 Å². The second-order valence-electron chi connectivity index (χ2n) is 9.94. The molecule has 5 heteroatoms. The van der Waals surface area contributed by atoms with Crippen molar-refractivity contribution in [3.05, 3.63) is 89.6 Å². The number of pyridine rings is 1. The minimum Gasteiger partial charge on any atom is -0.512 e. The van der Waals surface area contributed by atoms with Crippen molar-refractivity contribution >= 4 is 27.3 Å². The molecular weight excluding hydrogens is 666 g/mol. The van der Waals surface area contributed by atoms with Crippen molar-refractivity contribution in [3.8, 4) is 11.3 Å². The number of aliphatic hydroxyl groups excluding tert-OH is 1. The second-order valence-corrected chi connectivity index (χ2v) is 9.94. The molecule has 0 amide bonds. The Kier molecular flexibility index (Phi) is 12.5. The SMILES string of the molecule is CCC(CC)C(=O)C=C(O)C(CC)CC.Cc1[c-]c(-c2nccc3c2ccc2ccc(F)cc23)cc(C)c1.[Ir]. The first-order valence-electron chi connectivity index (χ1n) is 13.6. The van der Waals surface area contributed by atoms with Crippen LogP contribution in [0.25, 0.3) is 32.8 Å². The number of fused-ring (bicyclic) bond motifs is 3. The van der Waals surface area contributed by atoms with E-state index in [9.17, 15) is 14.3 Å². The van der Waals surface area contributed by atoms with Crippen molar-refractivity contribution in [3.63, 3.8) is 0 Å². The molecule has 1 heterocycles. The maximum absolute atomic E-state index is 13.7. The van der Waals surface area contributed by atoms with Crippen molar-refractivity contribution in [2.75, 3.05) is 0 Å². The molecule has 3 aromatic carbocycles. The van der Waals surface area contributed by atoms with E-state index < -0.39 is 0 Å². The minimum absolute atomic E-state index is 0. The van der Waals surface area contributed by atoms with Gasteiger partial charge in [-0.15, -0.1) is 34.9 Å². The maximum Gasteiger partial charge on any atom is 0.162 e. The Morgan fingerprint density at radius 3 is 2.15 bits per heavy atom. The molecule has 0 unspecified atom stereocenters. The summed E-state index contributed by atoms with van der Waals surface area (Å²) in [6.45, 7) is 12.2. The van der Waals surface area contributed by atoms with E-state index in [2.05, 4.69) is 36.2 Å². The maximum atomic E-state index is 13.7. The van der Waals surface area contributed by atoms with Crippen LogP contribution in [0.5, 0.6) is 0 Å². The van der Waals surface area contributed by atoms with Crippen LogP contribution in [-0.2, 0) is 24.9 Å². The van der Waals surface area contributed by atoms with Crippen molar-refractivity contribution in [1.82, 2.24) is 4.98 Å². The van der Waals surface area contributed by atoms with Gasteiger partial charge >= 0.3 is 0 Å². The van der Waals surface area contributed by atoms with E-state index >= 15 is 0 Å². The molecule has 0 atom stereocenters. The molecule has 1 N–H and O–H groups in total. The van der Waals surface area contributed by atoms with Crippen LogP contribution < -0.4 is 0 Å². The van der Waals surface area contributed by atoms with Crippen LogP contribution in [0.15, 0.2) is 66.6 Å². The number of carbonyl (C=O) groups is 1. The predicted octanol–water partition coefficient (Wildman–Crippen LogP) is 9.48. The fourth-order valence-corrected chi connectivity index (χ4v) is 4.97. The summed E-state index contributed by atoms with van der Waals surface area (Å²) in [4.78, 5) is 16.3. The molecule has 0 fully saturated rings. The molecule has 39 heavy (non-hydrogen) atoms. The quantitative estimate of drug-likeness (QED) is 0.0861. The summed E-state index contributed by atoms with van der Waals surface area (Å²) in [5, 5.41) is 13.7. The molecule has 1 radical (unpaired) electrons. The van der Waals surface area contributed by atoms with Gasteiger partial charge in [0.2, 0.25) is 0 Å². The fraction of sp³-hybridized carbons (Fsp3) is 0.353. The Bertz CT molecular complexity index is 1420. The van der Waals surface area contributed by atoms with E-state index in [0.717, 1.165) is 64.0 Å². The van der Waals surface area contributed by atoms with Gasteiger partial charge in [0.1, 0.15) is 5.82 Å². The number of aromatic nitrogens is 1. The number of halogens is 1. The Balaban J connectivity index is 0.000000294. The average molecular weight is 705 g/mol. The molecule has 4 aromatic rings. The van der Waals surface area contributed by atoms with Crippen molar-refractivity contribution in [1.29, 1.82) is 0 Å². The van der Waals surface area contributed by atoms with Gasteiger partial charge in [-0.1, -0.05) is 59.7 Å². The number of ketones is 1. The van der Waals surface area contributed by atoms with Crippen molar-refractivity contribution < 1.29 is 34.4 Å². The van der Waals surface area contributed by atoms with Crippen LogP contribution in [0.2, 0.25) is 0 Å². The van der Waals surface area contributed by atoms with Gasteiger partial charge in [0.15, 0.2) is 5.78 Å². The Morgan fingerprint density at radius 1 is 0.897 bits per heavy atom.